The van der Waals surface area contributed by atoms with E-state index in [-0.39, 0.29) is 23.8 Å². The van der Waals surface area contributed by atoms with E-state index in [1.807, 2.05) is 23.2 Å². The lowest BCUT2D eigenvalue weighted by Gasteiger charge is -2.36. The molecule has 114 valence electrons. The number of aromatic nitrogens is 2. The second-order valence-electron chi connectivity index (χ2n) is 6.04. The fourth-order valence-corrected chi connectivity index (χ4v) is 3.68. The van der Waals surface area contributed by atoms with Crippen LogP contribution in [0, 0.1) is 5.92 Å². The highest BCUT2D eigenvalue weighted by atomic mass is 16.2. The molecule has 2 aliphatic rings. The molecule has 2 amide bonds. The molecule has 0 radical (unpaired) electrons. The SMILES string of the molecule is O=C1NC[C@@H]2[C@H]1CCCN2C(=O)Cc1c[nH]c2ncccc12. The van der Waals surface area contributed by atoms with Crippen molar-refractivity contribution in [2.24, 2.45) is 5.92 Å². The summed E-state index contributed by atoms with van der Waals surface area (Å²) in [5, 5.41) is 3.88. The third-order valence-corrected chi connectivity index (χ3v) is 4.80. The summed E-state index contributed by atoms with van der Waals surface area (Å²) in [5.74, 6) is 0.164. The molecule has 4 rings (SSSR count). The van der Waals surface area contributed by atoms with Crippen molar-refractivity contribution in [3.8, 4) is 0 Å². The Kier molecular flexibility index (Phi) is 3.10. The second-order valence-corrected chi connectivity index (χ2v) is 6.04. The molecule has 0 bridgehead atoms. The summed E-state index contributed by atoms with van der Waals surface area (Å²) in [5.41, 5.74) is 1.77. The number of hydrogen-bond donors (Lipinski definition) is 2. The Hall–Kier alpha value is -2.37. The number of H-pyrrole nitrogens is 1. The van der Waals surface area contributed by atoms with Crippen LogP contribution in [0.2, 0.25) is 0 Å². The van der Waals surface area contributed by atoms with Gasteiger partial charge >= 0.3 is 0 Å². The number of carbonyl (C=O) groups is 2. The minimum atomic E-state index is -0.0256. The van der Waals surface area contributed by atoms with Crippen LogP contribution < -0.4 is 5.32 Å². The molecule has 6 nitrogen and oxygen atoms in total. The standard InChI is InChI=1S/C16H18N4O2/c21-14(7-10-8-18-15-11(10)3-1-5-17-15)20-6-2-4-12-13(20)9-19-16(12)22/h1,3,5,8,12-13H,2,4,6-7,9H2,(H,17,18)(H,19,22)/t12-,13-/m1/s1. The van der Waals surface area contributed by atoms with E-state index >= 15 is 0 Å². The Bertz CT molecular complexity index is 739. The number of aromatic amines is 1. The molecule has 2 fully saturated rings. The van der Waals surface area contributed by atoms with Gasteiger partial charge in [-0.2, -0.15) is 0 Å². The molecule has 22 heavy (non-hydrogen) atoms. The monoisotopic (exact) mass is 298 g/mol. The van der Waals surface area contributed by atoms with Gasteiger partial charge in [-0.05, 0) is 30.5 Å². The zero-order chi connectivity index (χ0) is 15.1. The Morgan fingerprint density at radius 2 is 2.36 bits per heavy atom. The molecule has 2 N–H and O–H groups in total. The average Bonchev–Trinajstić information content (AvgIpc) is 3.12. The Morgan fingerprint density at radius 3 is 3.27 bits per heavy atom. The maximum atomic E-state index is 12.7. The van der Waals surface area contributed by atoms with Crippen molar-refractivity contribution in [3.05, 3.63) is 30.1 Å². The summed E-state index contributed by atoms with van der Waals surface area (Å²) < 4.78 is 0. The molecule has 0 aliphatic carbocycles. The first-order valence-corrected chi connectivity index (χ1v) is 7.72. The molecule has 0 saturated carbocycles. The number of pyridine rings is 1. The number of nitrogens with zero attached hydrogens (tertiary/aromatic N) is 2. The lowest BCUT2D eigenvalue weighted by atomic mass is 9.91. The van der Waals surface area contributed by atoms with E-state index in [4.69, 9.17) is 0 Å². The van der Waals surface area contributed by atoms with E-state index in [1.165, 1.54) is 0 Å². The maximum absolute atomic E-state index is 12.7. The summed E-state index contributed by atoms with van der Waals surface area (Å²) in [6, 6.07) is 3.87. The molecule has 0 spiro atoms. The Labute approximate surface area is 127 Å². The maximum Gasteiger partial charge on any atom is 0.227 e. The molecule has 6 heteroatoms. The second kappa shape index (κ2) is 5.12. The summed E-state index contributed by atoms with van der Waals surface area (Å²) in [6.07, 6.45) is 5.72. The minimum Gasteiger partial charge on any atom is -0.354 e. The highest BCUT2D eigenvalue weighted by molar-refractivity contribution is 5.89. The van der Waals surface area contributed by atoms with E-state index < -0.39 is 0 Å². The molecular formula is C16H18N4O2. The van der Waals surface area contributed by atoms with Gasteiger partial charge in [-0.3, -0.25) is 9.59 Å². The minimum absolute atomic E-state index is 0.0251. The van der Waals surface area contributed by atoms with Crippen molar-refractivity contribution in [2.75, 3.05) is 13.1 Å². The molecule has 0 aromatic carbocycles. The number of amides is 2. The van der Waals surface area contributed by atoms with Gasteiger partial charge in [-0.15, -0.1) is 0 Å². The summed E-state index contributed by atoms with van der Waals surface area (Å²) >= 11 is 0. The van der Waals surface area contributed by atoms with E-state index in [1.54, 1.807) is 6.20 Å². The van der Waals surface area contributed by atoms with Crippen LogP contribution in [0.5, 0.6) is 0 Å². The van der Waals surface area contributed by atoms with Crippen molar-refractivity contribution < 1.29 is 9.59 Å². The number of nitrogens with one attached hydrogen (secondary N) is 2. The number of carbonyl (C=O) groups excluding carboxylic acids is 2. The first kappa shape index (κ1) is 13.3. The van der Waals surface area contributed by atoms with Crippen LogP contribution in [0.1, 0.15) is 18.4 Å². The number of fused-ring (bicyclic) bond motifs is 2. The highest BCUT2D eigenvalue weighted by Crippen LogP contribution is 2.28. The van der Waals surface area contributed by atoms with Gasteiger partial charge in [0.15, 0.2) is 0 Å². The largest absolute Gasteiger partial charge is 0.354 e. The lowest BCUT2D eigenvalue weighted by Crippen LogP contribution is -2.49. The molecule has 2 aliphatic heterocycles. The van der Waals surface area contributed by atoms with Gasteiger partial charge < -0.3 is 15.2 Å². The number of likely N-dealkylation sites (tertiary alicyclic amines) is 1. The summed E-state index contributed by atoms with van der Waals surface area (Å²) in [4.78, 5) is 33.8. The third-order valence-electron chi connectivity index (χ3n) is 4.80. The van der Waals surface area contributed by atoms with Crippen molar-refractivity contribution >= 4 is 22.8 Å². The van der Waals surface area contributed by atoms with E-state index in [0.717, 1.165) is 36.0 Å². The van der Waals surface area contributed by atoms with Crippen molar-refractivity contribution in [2.45, 2.75) is 25.3 Å². The summed E-state index contributed by atoms with van der Waals surface area (Å²) in [7, 11) is 0. The van der Waals surface area contributed by atoms with Crippen LogP contribution in [0.4, 0.5) is 0 Å². The van der Waals surface area contributed by atoms with Crippen molar-refractivity contribution in [3.63, 3.8) is 0 Å². The fourth-order valence-electron chi connectivity index (χ4n) is 3.68. The van der Waals surface area contributed by atoms with E-state index in [0.29, 0.717) is 13.0 Å². The van der Waals surface area contributed by atoms with Crippen LogP contribution in [0.25, 0.3) is 11.0 Å². The first-order chi connectivity index (χ1) is 10.7. The van der Waals surface area contributed by atoms with Crippen molar-refractivity contribution in [1.82, 2.24) is 20.2 Å². The van der Waals surface area contributed by atoms with Gasteiger partial charge in [-0.1, -0.05) is 0 Å². The van der Waals surface area contributed by atoms with Crippen LogP contribution in [0.3, 0.4) is 0 Å². The highest BCUT2D eigenvalue weighted by Gasteiger charge is 2.42. The number of hydrogen-bond acceptors (Lipinski definition) is 3. The first-order valence-electron chi connectivity index (χ1n) is 7.72. The zero-order valence-corrected chi connectivity index (χ0v) is 12.2. The topological polar surface area (TPSA) is 78.1 Å². The molecule has 2 aromatic rings. The smallest absolute Gasteiger partial charge is 0.227 e. The lowest BCUT2D eigenvalue weighted by molar-refractivity contribution is -0.136. The predicted molar refractivity (Wildman–Crippen MR) is 81.0 cm³/mol. The Morgan fingerprint density at radius 1 is 1.45 bits per heavy atom. The van der Waals surface area contributed by atoms with Gasteiger partial charge in [0.05, 0.1) is 18.4 Å². The number of rotatable bonds is 2. The van der Waals surface area contributed by atoms with E-state index in [2.05, 4.69) is 15.3 Å². The zero-order valence-electron chi connectivity index (χ0n) is 12.2. The molecule has 4 heterocycles. The number of piperidine rings is 1. The normalized spacial score (nSPS) is 24.4. The molecule has 0 unspecified atom stereocenters. The van der Waals surface area contributed by atoms with Crippen molar-refractivity contribution in [1.29, 1.82) is 0 Å². The van der Waals surface area contributed by atoms with Crippen LogP contribution in [-0.4, -0.2) is 45.8 Å². The third kappa shape index (κ3) is 2.06. The van der Waals surface area contributed by atoms with Crippen LogP contribution in [-0.2, 0) is 16.0 Å². The van der Waals surface area contributed by atoms with Gasteiger partial charge in [0.2, 0.25) is 11.8 Å². The molecule has 2 atom stereocenters. The van der Waals surface area contributed by atoms with Gasteiger partial charge in [0.25, 0.3) is 0 Å². The van der Waals surface area contributed by atoms with Crippen LogP contribution >= 0.6 is 0 Å². The summed E-state index contributed by atoms with van der Waals surface area (Å²) in [6.45, 7) is 1.33. The molecular weight excluding hydrogens is 280 g/mol. The Balaban J connectivity index is 1.55. The molecule has 2 aromatic heterocycles. The predicted octanol–water partition coefficient (Wildman–Crippen LogP) is 0.842. The quantitative estimate of drug-likeness (QED) is 0.862. The van der Waals surface area contributed by atoms with Gasteiger partial charge in [0.1, 0.15) is 5.65 Å². The van der Waals surface area contributed by atoms with Gasteiger partial charge in [0, 0.05) is 30.9 Å². The average molecular weight is 298 g/mol. The van der Waals surface area contributed by atoms with E-state index in [9.17, 15) is 9.59 Å². The van der Waals surface area contributed by atoms with Gasteiger partial charge in [-0.25, -0.2) is 4.98 Å². The molecule has 2 saturated heterocycles. The van der Waals surface area contributed by atoms with Crippen LogP contribution in [0.15, 0.2) is 24.5 Å². The fraction of sp³-hybridized carbons (Fsp3) is 0.438.